The highest BCUT2D eigenvalue weighted by atomic mass is 35.5. The van der Waals surface area contributed by atoms with Gasteiger partial charge < -0.3 is 19.9 Å². The van der Waals surface area contributed by atoms with Crippen molar-refractivity contribution < 1.29 is 46.1 Å². The summed E-state index contributed by atoms with van der Waals surface area (Å²) in [6.45, 7) is 2.68. The fraction of sp³-hybridized carbons (Fsp3) is 0.429. The van der Waals surface area contributed by atoms with Crippen molar-refractivity contribution in [3.63, 3.8) is 0 Å². The van der Waals surface area contributed by atoms with Crippen molar-refractivity contribution in [2.45, 2.75) is 50.4 Å². The Morgan fingerprint density at radius 2 is 1.79 bits per heavy atom. The van der Waals surface area contributed by atoms with Crippen LogP contribution in [-0.4, -0.2) is 93.8 Å². The van der Waals surface area contributed by atoms with E-state index in [1.165, 1.54) is 42.4 Å². The lowest BCUT2D eigenvalue weighted by molar-refractivity contribution is -0.166. The predicted molar refractivity (Wildman–Crippen MR) is 179 cm³/mol. The number of nitrogens with one attached hydrogen (secondary N) is 1. The van der Waals surface area contributed by atoms with Crippen molar-refractivity contribution in [2.75, 3.05) is 51.8 Å². The molecular formula is C35H36ClF5N6O5. The van der Waals surface area contributed by atoms with E-state index in [-0.39, 0.29) is 39.9 Å². The summed E-state index contributed by atoms with van der Waals surface area (Å²) in [7, 11) is 1.54. The van der Waals surface area contributed by atoms with E-state index in [1.807, 2.05) is 0 Å². The Bertz CT molecular complexity index is 1870. The summed E-state index contributed by atoms with van der Waals surface area (Å²) >= 11 is 6.16. The molecule has 2 aromatic carbocycles. The normalized spacial score (nSPS) is 18.6. The number of hydrogen-bond donors (Lipinski definition) is 2. The fourth-order valence-corrected chi connectivity index (χ4v) is 6.99. The average molecular weight is 751 g/mol. The molecule has 3 aromatic rings. The van der Waals surface area contributed by atoms with Crippen LogP contribution in [0.2, 0.25) is 5.02 Å². The summed E-state index contributed by atoms with van der Waals surface area (Å²) < 4.78 is 82.1. The Morgan fingerprint density at radius 1 is 1.06 bits per heavy atom. The van der Waals surface area contributed by atoms with Gasteiger partial charge in [-0.25, -0.2) is 19.4 Å². The van der Waals surface area contributed by atoms with Crippen LogP contribution in [0.3, 0.4) is 0 Å². The van der Waals surface area contributed by atoms with E-state index in [4.69, 9.17) is 21.1 Å². The van der Waals surface area contributed by atoms with Gasteiger partial charge in [0.25, 0.3) is 11.8 Å². The average Bonchev–Trinajstić information content (AvgIpc) is 3.13. The van der Waals surface area contributed by atoms with E-state index in [9.17, 15) is 27.9 Å². The highest BCUT2D eigenvalue weighted by Gasteiger charge is 2.52. The lowest BCUT2D eigenvalue weighted by Crippen LogP contribution is -2.63. The molecule has 1 aromatic heterocycles. The van der Waals surface area contributed by atoms with E-state index >= 15 is 8.78 Å². The zero-order valence-electron chi connectivity index (χ0n) is 28.1. The Morgan fingerprint density at radius 3 is 2.50 bits per heavy atom. The number of amides is 2. The standard InChI is InChI=1S/C35H36ClF5N6O5/c1-45-34(9-3-2-4-10-34)31(48)28(32(49)44-24-7-6-22(36)17-23(24)25-18-27(35(39,40)41)43-20-42-25)33(50)47(45)19-21-5-8-26(30(38)29(21)37)52-16-13-46-11-14-51-15-12-46/h5-8,17-18,20,48H,2-4,9-16,19H2,1H3,(H,44,49). The number of nitrogens with zero attached hydrogens (tertiary/aromatic N) is 5. The monoisotopic (exact) mass is 750 g/mol. The number of aromatic nitrogens is 2. The summed E-state index contributed by atoms with van der Waals surface area (Å²) in [5.41, 5.74) is -3.60. The summed E-state index contributed by atoms with van der Waals surface area (Å²) in [5.74, 6) is -5.34. The van der Waals surface area contributed by atoms with Gasteiger partial charge in [-0.15, -0.1) is 0 Å². The largest absolute Gasteiger partial charge is 0.509 e. The zero-order chi connectivity index (χ0) is 37.2. The first-order valence-corrected chi connectivity index (χ1v) is 17.1. The second kappa shape index (κ2) is 15.3. The molecule has 2 N–H and O–H groups in total. The van der Waals surface area contributed by atoms with Gasteiger partial charge >= 0.3 is 6.18 Å². The molecule has 1 aliphatic carbocycles. The number of benzene rings is 2. The van der Waals surface area contributed by atoms with Gasteiger partial charge in [-0.1, -0.05) is 36.9 Å². The molecule has 11 nitrogen and oxygen atoms in total. The van der Waals surface area contributed by atoms with Gasteiger partial charge in [0, 0.05) is 42.8 Å². The summed E-state index contributed by atoms with van der Waals surface area (Å²) in [6.07, 6.45) is -1.27. The van der Waals surface area contributed by atoms with Gasteiger partial charge in [-0.05, 0) is 43.2 Å². The molecule has 17 heteroatoms. The van der Waals surface area contributed by atoms with E-state index in [1.54, 1.807) is 0 Å². The Kier molecular flexibility index (Phi) is 11.0. The number of likely N-dealkylation sites (N-methyl/N-ethyl adjacent to an activating group) is 1. The third-order valence-electron chi connectivity index (χ3n) is 9.69. The van der Waals surface area contributed by atoms with Crippen molar-refractivity contribution >= 4 is 29.1 Å². The first-order chi connectivity index (χ1) is 24.8. The van der Waals surface area contributed by atoms with Gasteiger partial charge in [-0.2, -0.15) is 17.6 Å². The summed E-state index contributed by atoms with van der Waals surface area (Å²) in [4.78, 5) is 37.4. The number of carbonyl (C=O) groups excluding carboxylic acids is 2. The molecule has 2 amide bonds. The maximum absolute atomic E-state index is 15.6. The van der Waals surface area contributed by atoms with Crippen molar-refractivity contribution in [1.29, 1.82) is 0 Å². The number of ether oxygens (including phenoxy) is 2. The number of alkyl halides is 3. The number of aliphatic hydroxyl groups is 1. The molecule has 1 saturated heterocycles. The lowest BCUT2D eigenvalue weighted by atomic mass is 9.77. The molecule has 0 bridgehead atoms. The van der Waals surface area contributed by atoms with Gasteiger partial charge in [0.1, 0.15) is 30.0 Å². The van der Waals surface area contributed by atoms with Crippen LogP contribution in [0.5, 0.6) is 5.75 Å². The molecule has 278 valence electrons. The maximum Gasteiger partial charge on any atom is 0.433 e. The minimum Gasteiger partial charge on any atom is -0.509 e. The summed E-state index contributed by atoms with van der Waals surface area (Å²) in [5, 5.41) is 16.9. The number of hydrogen-bond acceptors (Lipinski definition) is 9. The van der Waals surface area contributed by atoms with E-state index in [2.05, 4.69) is 20.2 Å². The number of morpholine rings is 1. The topological polar surface area (TPSA) is 120 Å². The minimum atomic E-state index is -4.78. The molecule has 2 aliphatic heterocycles. The number of aliphatic hydroxyl groups excluding tert-OH is 1. The second-order valence-corrected chi connectivity index (χ2v) is 13.2. The van der Waals surface area contributed by atoms with Crippen LogP contribution in [-0.2, 0) is 27.0 Å². The quantitative estimate of drug-likeness (QED) is 0.196. The highest BCUT2D eigenvalue weighted by Crippen LogP contribution is 2.44. The van der Waals surface area contributed by atoms with Crippen LogP contribution in [0.15, 0.2) is 54.1 Å². The smallest absolute Gasteiger partial charge is 0.433 e. The molecule has 1 spiro atoms. The van der Waals surface area contributed by atoms with Gasteiger partial charge in [0.05, 0.1) is 36.7 Å². The third kappa shape index (κ3) is 7.56. The Balaban J connectivity index is 1.29. The van der Waals surface area contributed by atoms with Crippen molar-refractivity contribution in [1.82, 2.24) is 24.9 Å². The molecule has 1 saturated carbocycles. The fourth-order valence-electron chi connectivity index (χ4n) is 6.82. The molecule has 0 unspecified atom stereocenters. The number of anilines is 1. The number of halogens is 6. The molecule has 0 radical (unpaired) electrons. The second-order valence-electron chi connectivity index (χ2n) is 12.8. The Labute approximate surface area is 300 Å². The third-order valence-corrected chi connectivity index (χ3v) is 9.93. The van der Waals surface area contributed by atoms with E-state index < -0.39 is 58.7 Å². The van der Waals surface area contributed by atoms with Crippen LogP contribution < -0.4 is 10.1 Å². The van der Waals surface area contributed by atoms with Crippen LogP contribution in [0.25, 0.3) is 11.3 Å². The van der Waals surface area contributed by atoms with Crippen molar-refractivity contribution in [3.8, 4) is 17.0 Å². The van der Waals surface area contributed by atoms with E-state index in [0.717, 1.165) is 17.8 Å². The number of hydrazine groups is 1. The molecule has 0 atom stereocenters. The zero-order valence-corrected chi connectivity index (χ0v) is 28.9. The van der Waals surface area contributed by atoms with Crippen LogP contribution in [0, 0.1) is 11.6 Å². The Hall–Kier alpha value is -4.38. The SMILES string of the molecule is CN1N(Cc2ccc(OCCN3CCOCC3)c(F)c2F)C(=O)C(C(=O)Nc2ccc(Cl)cc2-c2cc(C(F)(F)F)ncn2)=C(O)C12CCCCC2. The van der Waals surface area contributed by atoms with Crippen LogP contribution >= 0.6 is 11.6 Å². The lowest BCUT2D eigenvalue weighted by Gasteiger charge is -2.51. The number of rotatable bonds is 9. The molecular weight excluding hydrogens is 715 g/mol. The van der Waals surface area contributed by atoms with Crippen molar-refractivity contribution in [2.24, 2.45) is 0 Å². The minimum absolute atomic E-state index is 0.0109. The summed E-state index contributed by atoms with van der Waals surface area (Å²) in [6, 6.07) is 7.24. The van der Waals surface area contributed by atoms with Crippen LogP contribution in [0.4, 0.5) is 27.6 Å². The van der Waals surface area contributed by atoms with Crippen LogP contribution in [0.1, 0.15) is 43.4 Å². The highest BCUT2D eigenvalue weighted by molar-refractivity contribution is 6.31. The maximum atomic E-state index is 15.6. The molecule has 2 fully saturated rings. The predicted octanol–water partition coefficient (Wildman–Crippen LogP) is 6.15. The first-order valence-electron chi connectivity index (χ1n) is 16.7. The molecule has 52 heavy (non-hydrogen) atoms. The van der Waals surface area contributed by atoms with Gasteiger partial charge in [-0.3, -0.25) is 19.5 Å². The molecule has 3 heterocycles. The number of carbonyl (C=O) groups is 2. The first kappa shape index (κ1) is 37.4. The van der Waals surface area contributed by atoms with E-state index in [0.29, 0.717) is 64.6 Å². The van der Waals surface area contributed by atoms with Gasteiger partial charge in [0.2, 0.25) is 5.82 Å². The molecule has 3 aliphatic rings. The molecule has 6 rings (SSSR count). The van der Waals surface area contributed by atoms with Gasteiger partial charge in [0.15, 0.2) is 11.6 Å². The van der Waals surface area contributed by atoms with Crippen molar-refractivity contribution in [3.05, 3.63) is 82.0 Å².